The summed E-state index contributed by atoms with van der Waals surface area (Å²) in [5.41, 5.74) is 1.52. The Morgan fingerprint density at radius 3 is 2.88 bits per heavy atom. The van der Waals surface area contributed by atoms with Crippen LogP contribution in [0.3, 0.4) is 0 Å². The molecule has 0 atom stereocenters. The van der Waals surface area contributed by atoms with Crippen LogP contribution in [0.4, 0.5) is 5.82 Å². The first kappa shape index (κ1) is 11.7. The minimum atomic E-state index is 0.695. The van der Waals surface area contributed by atoms with Gasteiger partial charge in [-0.3, -0.25) is 4.98 Å². The monoisotopic (exact) mass is 231 g/mol. The van der Waals surface area contributed by atoms with Crippen LogP contribution in [-0.2, 0) is 0 Å². The highest BCUT2D eigenvalue weighted by atomic mass is 15.2. The number of fused-ring (bicyclic) bond motifs is 1. The van der Waals surface area contributed by atoms with Gasteiger partial charge in [-0.15, -0.1) is 0 Å². The van der Waals surface area contributed by atoms with Gasteiger partial charge in [0.2, 0.25) is 0 Å². The van der Waals surface area contributed by atoms with Crippen molar-refractivity contribution in [1.82, 2.24) is 20.3 Å². The van der Waals surface area contributed by atoms with Crippen LogP contribution < -0.4 is 10.2 Å². The summed E-state index contributed by atoms with van der Waals surface area (Å²) in [6, 6.07) is 3.93. The van der Waals surface area contributed by atoms with Crippen molar-refractivity contribution < 1.29 is 0 Å². The van der Waals surface area contributed by atoms with Crippen LogP contribution in [0, 0.1) is 0 Å². The molecule has 0 spiro atoms. The van der Waals surface area contributed by atoms with Crippen molar-refractivity contribution in [2.45, 2.75) is 6.92 Å². The molecule has 0 bridgehead atoms. The van der Waals surface area contributed by atoms with Gasteiger partial charge in [0.05, 0.1) is 0 Å². The van der Waals surface area contributed by atoms with Gasteiger partial charge in [0.25, 0.3) is 0 Å². The molecule has 5 nitrogen and oxygen atoms in total. The minimum Gasteiger partial charge on any atom is -0.358 e. The summed E-state index contributed by atoms with van der Waals surface area (Å²) < 4.78 is 0. The molecule has 0 aliphatic heterocycles. The number of hydrogen-bond acceptors (Lipinski definition) is 5. The number of rotatable bonds is 5. The summed E-state index contributed by atoms with van der Waals surface area (Å²) in [7, 11) is 2.03. The largest absolute Gasteiger partial charge is 0.358 e. The van der Waals surface area contributed by atoms with Crippen LogP contribution in [0.15, 0.2) is 24.5 Å². The van der Waals surface area contributed by atoms with E-state index in [2.05, 4.69) is 32.1 Å². The van der Waals surface area contributed by atoms with Crippen LogP contribution in [0.2, 0.25) is 0 Å². The maximum atomic E-state index is 4.48. The second-order valence-electron chi connectivity index (χ2n) is 3.84. The predicted octanol–water partition coefficient (Wildman–Crippen LogP) is 1.07. The summed E-state index contributed by atoms with van der Waals surface area (Å²) in [6.07, 6.45) is 3.34. The fourth-order valence-electron chi connectivity index (χ4n) is 1.60. The molecular formula is C12H17N5. The maximum absolute atomic E-state index is 4.48. The number of hydrogen-bond donors (Lipinski definition) is 1. The molecule has 0 unspecified atom stereocenters. The lowest BCUT2D eigenvalue weighted by Crippen LogP contribution is -2.29. The fourth-order valence-corrected chi connectivity index (χ4v) is 1.60. The number of nitrogens with one attached hydrogen (secondary N) is 1. The van der Waals surface area contributed by atoms with Gasteiger partial charge < -0.3 is 10.2 Å². The molecule has 5 heteroatoms. The standard InChI is InChI=1S/C12H17N5/c1-3-13-8-9-17(2)11-5-4-10-12(16-11)15-7-6-14-10/h4-7,13H,3,8-9H2,1-2H3. The Hall–Kier alpha value is -1.75. The number of nitrogens with zero attached hydrogens (tertiary/aromatic N) is 4. The Morgan fingerprint density at radius 1 is 1.24 bits per heavy atom. The number of anilines is 1. The van der Waals surface area contributed by atoms with Gasteiger partial charge in [-0.05, 0) is 18.7 Å². The van der Waals surface area contributed by atoms with Crippen molar-refractivity contribution in [1.29, 1.82) is 0 Å². The zero-order chi connectivity index (χ0) is 12.1. The third-order valence-electron chi connectivity index (χ3n) is 2.58. The van der Waals surface area contributed by atoms with E-state index in [1.165, 1.54) is 0 Å². The SMILES string of the molecule is CCNCCN(C)c1ccc2nccnc2n1. The second-order valence-corrected chi connectivity index (χ2v) is 3.84. The average molecular weight is 231 g/mol. The molecule has 1 N–H and O–H groups in total. The van der Waals surface area contributed by atoms with Gasteiger partial charge in [0, 0.05) is 32.5 Å². The van der Waals surface area contributed by atoms with Gasteiger partial charge in [0.1, 0.15) is 11.3 Å². The third-order valence-corrected chi connectivity index (χ3v) is 2.58. The summed E-state index contributed by atoms with van der Waals surface area (Å²) in [5.74, 6) is 0.927. The molecule has 0 aliphatic rings. The molecule has 17 heavy (non-hydrogen) atoms. The molecule has 0 aliphatic carbocycles. The van der Waals surface area contributed by atoms with E-state index < -0.39 is 0 Å². The zero-order valence-electron chi connectivity index (χ0n) is 10.2. The van der Waals surface area contributed by atoms with E-state index in [1.54, 1.807) is 12.4 Å². The van der Waals surface area contributed by atoms with Crippen molar-refractivity contribution in [3.05, 3.63) is 24.5 Å². The molecule has 0 saturated carbocycles. The summed E-state index contributed by atoms with van der Waals surface area (Å²) in [4.78, 5) is 15.0. The normalized spacial score (nSPS) is 10.7. The molecule has 0 fully saturated rings. The van der Waals surface area contributed by atoms with Crippen LogP contribution in [0.5, 0.6) is 0 Å². The quantitative estimate of drug-likeness (QED) is 0.780. The molecule has 2 rings (SSSR count). The lowest BCUT2D eigenvalue weighted by Gasteiger charge is -2.18. The highest BCUT2D eigenvalue weighted by molar-refractivity contribution is 5.71. The predicted molar refractivity (Wildman–Crippen MR) is 69.1 cm³/mol. The Kier molecular flexibility index (Phi) is 3.82. The minimum absolute atomic E-state index is 0.695. The van der Waals surface area contributed by atoms with Crippen molar-refractivity contribution >= 4 is 17.0 Å². The van der Waals surface area contributed by atoms with Crippen LogP contribution in [0.25, 0.3) is 11.2 Å². The van der Waals surface area contributed by atoms with Crippen molar-refractivity contribution in [2.24, 2.45) is 0 Å². The van der Waals surface area contributed by atoms with Gasteiger partial charge >= 0.3 is 0 Å². The maximum Gasteiger partial charge on any atom is 0.180 e. The average Bonchev–Trinajstić information content (AvgIpc) is 2.38. The van der Waals surface area contributed by atoms with E-state index in [0.717, 1.165) is 31.0 Å². The Labute approximate surface area is 101 Å². The van der Waals surface area contributed by atoms with Crippen molar-refractivity contribution in [3.63, 3.8) is 0 Å². The van der Waals surface area contributed by atoms with E-state index in [4.69, 9.17) is 0 Å². The topological polar surface area (TPSA) is 53.9 Å². The molecule has 0 aromatic carbocycles. The molecular weight excluding hydrogens is 214 g/mol. The molecule has 0 radical (unpaired) electrons. The highest BCUT2D eigenvalue weighted by Gasteiger charge is 2.04. The molecule has 90 valence electrons. The first-order valence-corrected chi connectivity index (χ1v) is 5.81. The zero-order valence-corrected chi connectivity index (χ0v) is 10.2. The lowest BCUT2D eigenvalue weighted by atomic mass is 10.4. The van der Waals surface area contributed by atoms with Crippen LogP contribution in [-0.4, -0.2) is 41.6 Å². The number of pyridine rings is 1. The Balaban J connectivity index is 2.12. The Morgan fingerprint density at radius 2 is 2.06 bits per heavy atom. The van der Waals surface area contributed by atoms with Gasteiger partial charge in [-0.25, -0.2) is 9.97 Å². The fraction of sp³-hybridized carbons (Fsp3) is 0.417. The third kappa shape index (κ3) is 2.88. The van der Waals surface area contributed by atoms with E-state index in [-0.39, 0.29) is 0 Å². The van der Waals surface area contributed by atoms with Gasteiger partial charge in [-0.1, -0.05) is 6.92 Å². The smallest absolute Gasteiger partial charge is 0.180 e. The first-order valence-electron chi connectivity index (χ1n) is 5.81. The molecule has 2 heterocycles. The van der Waals surface area contributed by atoms with Crippen molar-refractivity contribution in [2.75, 3.05) is 31.6 Å². The Bertz CT molecular complexity index is 485. The van der Waals surface area contributed by atoms with E-state index in [9.17, 15) is 0 Å². The second kappa shape index (κ2) is 5.54. The number of likely N-dealkylation sites (N-methyl/N-ethyl adjacent to an activating group) is 2. The first-order chi connectivity index (χ1) is 8.31. The van der Waals surface area contributed by atoms with Gasteiger partial charge in [-0.2, -0.15) is 0 Å². The van der Waals surface area contributed by atoms with Crippen LogP contribution >= 0.6 is 0 Å². The molecule has 0 saturated heterocycles. The summed E-state index contributed by atoms with van der Waals surface area (Å²) >= 11 is 0. The molecule has 0 amide bonds. The molecule has 2 aromatic heterocycles. The lowest BCUT2D eigenvalue weighted by molar-refractivity contribution is 0.703. The van der Waals surface area contributed by atoms with E-state index >= 15 is 0 Å². The van der Waals surface area contributed by atoms with E-state index in [0.29, 0.717) is 5.65 Å². The van der Waals surface area contributed by atoms with Crippen LogP contribution in [0.1, 0.15) is 6.92 Å². The number of aromatic nitrogens is 3. The summed E-state index contributed by atoms with van der Waals surface area (Å²) in [5, 5.41) is 3.29. The summed E-state index contributed by atoms with van der Waals surface area (Å²) in [6.45, 7) is 4.97. The molecule has 2 aromatic rings. The highest BCUT2D eigenvalue weighted by Crippen LogP contribution is 2.12. The van der Waals surface area contributed by atoms with Gasteiger partial charge in [0.15, 0.2) is 5.65 Å². The van der Waals surface area contributed by atoms with Crippen molar-refractivity contribution in [3.8, 4) is 0 Å². The van der Waals surface area contributed by atoms with E-state index in [1.807, 2.05) is 19.2 Å².